The molecule has 0 aliphatic carbocycles. The van der Waals surface area contributed by atoms with Gasteiger partial charge in [0, 0.05) is 16.1 Å². The number of hydrogen-bond acceptors (Lipinski definition) is 5. The maximum atomic E-state index is 11.8. The van der Waals surface area contributed by atoms with E-state index in [4.69, 9.17) is 4.74 Å². The van der Waals surface area contributed by atoms with Gasteiger partial charge in [-0.25, -0.2) is 4.79 Å². The van der Waals surface area contributed by atoms with Gasteiger partial charge in [-0.2, -0.15) is 0 Å². The second-order valence-corrected chi connectivity index (χ2v) is 7.98. The number of ether oxygens (including phenoxy) is 1. The van der Waals surface area contributed by atoms with Crippen LogP contribution in [0.15, 0.2) is 43.9 Å². The highest BCUT2D eigenvalue weighted by Gasteiger charge is 2.43. The summed E-state index contributed by atoms with van der Waals surface area (Å²) < 4.78 is 6.83. The number of benzene rings is 1. The largest absolute Gasteiger partial charge is 0.504 e. The molecule has 2 aliphatic rings. The van der Waals surface area contributed by atoms with E-state index in [1.807, 2.05) is 24.8 Å². The van der Waals surface area contributed by atoms with E-state index in [1.165, 1.54) is 7.11 Å². The molecule has 1 aromatic carbocycles. The second-order valence-electron chi connectivity index (χ2n) is 6.27. The Balaban J connectivity index is 2.21. The maximum Gasteiger partial charge on any atom is 0.328 e. The van der Waals surface area contributed by atoms with Gasteiger partial charge < -0.3 is 19.8 Å². The molecular weight excluding hydrogens is 468 g/mol. The Morgan fingerprint density at radius 1 is 1.35 bits per heavy atom. The minimum absolute atomic E-state index is 0.0385. The number of carboxylic acids is 1. The summed E-state index contributed by atoms with van der Waals surface area (Å²) in [6.45, 7) is 3.82. The molecule has 0 saturated heterocycles. The van der Waals surface area contributed by atoms with Gasteiger partial charge in [0.2, 0.25) is 0 Å². The van der Waals surface area contributed by atoms with Crippen molar-refractivity contribution in [3.8, 4) is 11.5 Å². The van der Waals surface area contributed by atoms with Gasteiger partial charge in [-0.15, -0.1) is 0 Å². The number of aliphatic carboxylic acids is 1. The molecule has 8 heteroatoms. The summed E-state index contributed by atoms with van der Waals surface area (Å²) in [6, 6.07) is 3.92. The highest BCUT2D eigenvalue weighted by atomic mass is 79.9. The Labute approximate surface area is 168 Å². The number of allylic oxidation sites excluding steroid dienone is 3. The first kappa shape index (κ1) is 19.0. The molecule has 1 aromatic rings. The van der Waals surface area contributed by atoms with Crippen molar-refractivity contribution in [2.24, 2.45) is 10.9 Å². The Bertz CT molecular complexity index is 863. The summed E-state index contributed by atoms with van der Waals surface area (Å²) in [5.41, 5.74) is 1.77. The number of aromatic hydroxyl groups is 1. The summed E-state index contributed by atoms with van der Waals surface area (Å²) in [4.78, 5) is 18.3. The van der Waals surface area contributed by atoms with E-state index < -0.39 is 12.0 Å². The highest BCUT2D eigenvalue weighted by molar-refractivity contribution is 9.12. The van der Waals surface area contributed by atoms with Crippen LogP contribution in [0.4, 0.5) is 0 Å². The van der Waals surface area contributed by atoms with E-state index in [2.05, 4.69) is 36.9 Å². The minimum atomic E-state index is -0.966. The Morgan fingerprint density at radius 2 is 2.04 bits per heavy atom. The van der Waals surface area contributed by atoms with Crippen molar-refractivity contribution in [3.63, 3.8) is 0 Å². The van der Waals surface area contributed by atoms with Gasteiger partial charge in [-0.05, 0) is 62.6 Å². The van der Waals surface area contributed by atoms with Crippen molar-refractivity contribution < 1.29 is 19.7 Å². The highest BCUT2D eigenvalue weighted by Crippen LogP contribution is 2.45. The molecule has 0 bridgehead atoms. The third kappa shape index (κ3) is 3.05. The number of hydrogen-bond donors (Lipinski definition) is 2. The Kier molecular flexibility index (Phi) is 5.16. The van der Waals surface area contributed by atoms with E-state index in [-0.39, 0.29) is 17.7 Å². The topological polar surface area (TPSA) is 82.4 Å². The van der Waals surface area contributed by atoms with Crippen molar-refractivity contribution in [2.75, 3.05) is 7.11 Å². The molecule has 3 rings (SSSR count). The number of fused-ring (bicyclic) bond motifs is 1. The summed E-state index contributed by atoms with van der Waals surface area (Å²) in [5.74, 6) is -0.311. The number of carbonyl (C=O) groups is 1. The number of rotatable bonds is 3. The molecule has 0 fully saturated rings. The first-order valence-electron chi connectivity index (χ1n) is 7.97. The van der Waals surface area contributed by atoms with E-state index in [0.29, 0.717) is 16.1 Å². The third-order valence-electron chi connectivity index (χ3n) is 4.74. The molecule has 3 unspecified atom stereocenters. The zero-order valence-corrected chi connectivity index (χ0v) is 17.6. The smallest absolute Gasteiger partial charge is 0.328 e. The van der Waals surface area contributed by atoms with Crippen molar-refractivity contribution in [3.05, 3.63) is 44.5 Å². The van der Waals surface area contributed by atoms with Gasteiger partial charge in [0.05, 0.1) is 17.6 Å². The van der Waals surface area contributed by atoms with E-state index in [9.17, 15) is 15.0 Å². The minimum Gasteiger partial charge on any atom is -0.504 e. The zero-order chi connectivity index (χ0) is 19.2. The first-order valence-corrected chi connectivity index (χ1v) is 9.55. The molecule has 0 aromatic heterocycles. The lowest BCUT2D eigenvalue weighted by molar-refractivity contribution is -0.140. The number of phenolic OH excluding ortho intramolecular Hbond substituents is 1. The number of phenols is 1. The van der Waals surface area contributed by atoms with Gasteiger partial charge in [0.15, 0.2) is 17.5 Å². The molecule has 2 aliphatic heterocycles. The van der Waals surface area contributed by atoms with Crippen LogP contribution in [-0.2, 0) is 4.79 Å². The lowest BCUT2D eigenvalue weighted by Gasteiger charge is -2.45. The molecule has 0 amide bonds. The summed E-state index contributed by atoms with van der Waals surface area (Å²) in [7, 11) is 1.48. The normalized spacial score (nSPS) is 25.4. The SMILES string of the molecule is COc1cc(C2C(C)C(C(=O)O)N=C3C(Br)=CC(Br)=C(C)N32)ccc1O. The predicted octanol–water partition coefficient (Wildman–Crippen LogP) is 4.16. The molecule has 2 N–H and O–H groups in total. The average molecular weight is 486 g/mol. The standard InChI is InChI=1S/C18H18Br2N2O4/c1-8-15(18(24)25)21-17-12(20)7-11(19)9(2)22(17)16(8)10-4-5-13(23)14(6-10)26-3/h4-8,15-16,23H,1-3H3,(H,24,25). The number of aliphatic imine (C=N–C) groups is 1. The number of methoxy groups -OCH3 is 1. The lowest BCUT2D eigenvalue weighted by atomic mass is 9.84. The molecule has 26 heavy (non-hydrogen) atoms. The van der Waals surface area contributed by atoms with E-state index >= 15 is 0 Å². The van der Waals surface area contributed by atoms with Crippen LogP contribution in [-0.4, -0.2) is 40.1 Å². The molecule has 2 heterocycles. The lowest BCUT2D eigenvalue weighted by Crippen LogP contribution is -2.48. The number of amidine groups is 1. The number of carboxylic acid groups (broad SMARTS) is 1. The van der Waals surface area contributed by atoms with Crippen molar-refractivity contribution >= 4 is 43.7 Å². The summed E-state index contributed by atoms with van der Waals surface area (Å²) in [5, 5.41) is 19.6. The fourth-order valence-electron chi connectivity index (χ4n) is 3.40. The van der Waals surface area contributed by atoms with E-state index in [1.54, 1.807) is 18.2 Å². The van der Waals surface area contributed by atoms with Crippen LogP contribution in [0, 0.1) is 5.92 Å². The zero-order valence-electron chi connectivity index (χ0n) is 14.4. The molecule has 0 spiro atoms. The van der Waals surface area contributed by atoms with Crippen LogP contribution in [0.25, 0.3) is 0 Å². The van der Waals surface area contributed by atoms with Crippen LogP contribution >= 0.6 is 31.9 Å². The Hall–Kier alpha value is -1.80. The first-order chi connectivity index (χ1) is 12.3. The van der Waals surface area contributed by atoms with Crippen molar-refractivity contribution in [1.29, 1.82) is 0 Å². The van der Waals surface area contributed by atoms with Gasteiger partial charge in [0.1, 0.15) is 5.84 Å². The van der Waals surface area contributed by atoms with Crippen LogP contribution < -0.4 is 4.74 Å². The van der Waals surface area contributed by atoms with Gasteiger partial charge in [0.25, 0.3) is 0 Å². The third-order valence-corrected chi connectivity index (χ3v) is 6.12. The van der Waals surface area contributed by atoms with Crippen molar-refractivity contribution in [1.82, 2.24) is 4.90 Å². The summed E-state index contributed by atoms with van der Waals surface area (Å²) >= 11 is 7.06. The number of nitrogens with zero attached hydrogens (tertiary/aromatic N) is 2. The number of halogens is 2. The fourth-order valence-corrected chi connectivity index (χ4v) is 4.65. The second kappa shape index (κ2) is 7.08. The quantitative estimate of drug-likeness (QED) is 0.671. The van der Waals surface area contributed by atoms with Crippen LogP contribution in [0.1, 0.15) is 25.5 Å². The van der Waals surface area contributed by atoms with Crippen LogP contribution in [0.2, 0.25) is 0 Å². The maximum absolute atomic E-state index is 11.8. The van der Waals surface area contributed by atoms with Gasteiger partial charge in [-0.3, -0.25) is 4.99 Å². The summed E-state index contributed by atoms with van der Waals surface area (Å²) in [6.07, 6.45) is 1.87. The van der Waals surface area contributed by atoms with Crippen molar-refractivity contribution in [2.45, 2.75) is 25.9 Å². The van der Waals surface area contributed by atoms with Crippen LogP contribution in [0.3, 0.4) is 0 Å². The molecule has 3 atom stereocenters. The van der Waals surface area contributed by atoms with Gasteiger partial charge in [-0.1, -0.05) is 13.0 Å². The van der Waals surface area contributed by atoms with Crippen LogP contribution in [0.5, 0.6) is 11.5 Å². The molecule has 0 saturated carbocycles. The Morgan fingerprint density at radius 3 is 2.65 bits per heavy atom. The fraction of sp³-hybridized carbons (Fsp3) is 0.333. The molecule has 0 radical (unpaired) electrons. The van der Waals surface area contributed by atoms with E-state index in [0.717, 1.165) is 15.7 Å². The molecule has 138 valence electrons. The monoisotopic (exact) mass is 484 g/mol. The average Bonchev–Trinajstić information content (AvgIpc) is 2.59. The molecular formula is C18H18Br2N2O4. The van der Waals surface area contributed by atoms with Gasteiger partial charge >= 0.3 is 5.97 Å². The predicted molar refractivity (Wildman–Crippen MR) is 106 cm³/mol. The molecule has 6 nitrogen and oxygen atoms in total.